The van der Waals surface area contributed by atoms with Gasteiger partial charge in [0.1, 0.15) is 5.01 Å². The predicted molar refractivity (Wildman–Crippen MR) is 195 cm³/mol. The van der Waals surface area contributed by atoms with Gasteiger partial charge in [0.05, 0.1) is 28.9 Å². The first kappa shape index (κ1) is 32.9. The minimum Gasteiger partial charge on any atom is -0.346 e. The Morgan fingerprint density at radius 2 is 1.77 bits per heavy atom. The van der Waals surface area contributed by atoms with Crippen LogP contribution in [0.25, 0.3) is 33.6 Å². The van der Waals surface area contributed by atoms with Gasteiger partial charge in [-0.2, -0.15) is 5.10 Å². The Bertz CT molecular complexity index is 1940. The van der Waals surface area contributed by atoms with Crippen LogP contribution in [0.3, 0.4) is 0 Å². The van der Waals surface area contributed by atoms with E-state index in [9.17, 15) is 9.00 Å². The van der Waals surface area contributed by atoms with E-state index in [4.69, 9.17) is 21.7 Å². The number of likely N-dealkylation sites (tertiary alicyclic amines) is 1. The van der Waals surface area contributed by atoms with Crippen LogP contribution in [0.1, 0.15) is 45.9 Å². The van der Waals surface area contributed by atoms with Crippen LogP contribution in [0, 0.1) is 0 Å². The van der Waals surface area contributed by atoms with Crippen LogP contribution in [0.5, 0.6) is 0 Å². The Labute approximate surface area is 293 Å². The van der Waals surface area contributed by atoms with Crippen molar-refractivity contribution in [3.63, 3.8) is 0 Å². The number of nitrogens with one attached hydrogen (secondary N) is 1. The highest BCUT2D eigenvalue weighted by atomic mass is 35.5. The van der Waals surface area contributed by atoms with Crippen molar-refractivity contribution in [2.45, 2.75) is 45.3 Å². The average molecular weight is 699 g/mol. The number of carbonyl (C=O) groups is 1. The first-order chi connectivity index (χ1) is 23.4. The monoisotopic (exact) mass is 698 g/mol. The van der Waals surface area contributed by atoms with Crippen molar-refractivity contribution in [3.05, 3.63) is 105 Å². The molecule has 1 atom stereocenters. The maximum Gasteiger partial charge on any atom is 0.251 e. The Kier molecular flexibility index (Phi) is 10.2. The predicted octanol–water partition coefficient (Wildman–Crippen LogP) is 7.06. The molecular formula is C37H39ClN6O2S2. The number of aromatic nitrogens is 3. The number of carbonyl (C=O) groups excluding carboxylic acids is 1. The van der Waals surface area contributed by atoms with Crippen molar-refractivity contribution in [1.82, 2.24) is 29.3 Å². The molecule has 7 rings (SSSR count). The fourth-order valence-electron chi connectivity index (χ4n) is 6.67. The fraction of sp³-hybridized carbons (Fsp3) is 0.324. The molecule has 11 heteroatoms. The molecule has 1 amide bonds. The lowest BCUT2D eigenvalue weighted by atomic mass is 9.97. The Hall–Kier alpha value is -3.67. The molecule has 2 aliphatic heterocycles. The van der Waals surface area contributed by atoms with Crippen molar-refractivity contribution < 1.29 is 9.00 Å². The summed E-state index contributed by atoms with van der Waals surface area (Å²) in [6.45, 7) is 6.03. The molecule has 8 nitrogen and oxygen atoms in total. The second-order valence-electron chi connectivity index (χ2n) is 12.4. The highest BCUT2D eigenvalue weighted by Crippen LogP contribution is 2.36. The van der Waals surface area contributed by atoms with Crippen molar-refractivity contribution in [2.24, 2.45) is 0 Å². The summed E-state index contributed by atoms with van der Waals surface area (Å²) in [6, 6.07) is 23.6. The van der Waals surface area contributed by atoms with Crippen molar-refractivity contribution in [3.8, 4) is 33.6 Å². The van der Waals surface area contributed by atoms with E-state index in [0.717, 1.165) is 76.7 Å². The number of hydrogen-bond donors (Lipinski definition) is 1. The Morgan fingerprint density at radius 3 is 2.58 bits per heavy atom. The van der Waals surface area contributed by atoms with Gasteiger partial charge in [-0.15, -0.1) is 11.3 Å². The maximum absolute atomic E-state index is 13.3. The van der Waals surface area contributed by atoms with Gasteiger partial charge in [0, 0.05) is 76.2 Å². The van der Waals surface area contributed by atoms with E-state index in [1.54, 1.807) is 6.26 Å². The minimum atomic E-state index is -1.06. The molecule has 5 aromatic rings. The lowest BCUT2D eigenvalue weighted by molar-refractivity contribution is 0.0951. The molecule has 1 saturated heterocycles. The van der Waals surface area contributed by atoms with E-state index in [1.165, 1.54) is 43.0 Å². The number of halogens is 1. The molecule has 0 aliphatic carbocycles. The summed E-state index contributed by atoms with van der Waals surface area (Å²) < 4.78 is 16.7. The second-order valence-corrected chi connectivity index (χ2v) is 15.1. The molecule has 248 valence electrons. The van der Waals surface area contributed by atoms with Gasteiger partial charge < -0.3 is 10.2 Å². The summed E-state index contributed by atoms with van der Waals surface area (Å²) in [5.41, 5.74) is 8.44. The summed E-state index contributed by atoms with van der Waals surface area (Å²) in [7, 11) is -1.06. The largest absolute Gasteiger partial charge is 0.346 e. The zero-order valence-electron chi connectivity index (χ0n) is 27.0. The van der Waals surface area contributed by atoms with Crippen LogP contribution in [0.2, 0.25) is 5.02 Å². The molecule has 2 aromatic heterocycles. The first-order valence-electron chi connectivity index (χ1n) is 16.5. The zero-order valence-corrected chi connectivity index (χ0v) is 29.4. The van der Waals surface area contributed by atoms with E-state index in [2.05, 4.69) is 21.0 Å². The topological polar surface area (TPSA) is 83.4 Å². The second kappa shape index (κ2) is 14.8. The zero-order chi connectivity index (χ0) is 33.0. The molecule has 1 unspecified atom stereocenters. The summed E-state index contributed by atoms with van der Waals surface area (Å²) in [5, 5.41) is 11.7. The van der Waals surface area contributed by atoms with Gasteiger partial charge in [0.15, 0.2) is 0 Å². The minimum absolute atomic E-state index is 0.171. The lowest BCUT2D eigenvalue weighted by Gasteiger charge is -2.25. The smallest absolute Gasteiger partial charge is 0.251 e. The molecule has 4 heterocycles. The fourth-order valence-corrected chi connectivity index (χ4v) is 8.29. The van der Waals surface area contributed by atoms with E-state index in [-0.39, 0.29) is 5.91 Å². The van der Waals surface area contributed by atoms with Crippen LogP contribution < -0.4 is 5.32 Å². The number of benzene rings is 3. The van der Waals surface area contributed by atoms with Gasteiger partial charge >= 0.3 is 0 Å². The molecule has 48 heavy (non-hydrogen) atoms. The lowest BCUT2D eigenvalue weighted by Crippen LogP contribution is -2.32. The number of fused-ring (bicyclic) bond motifs is 1. The molecule has 3 aromatic carbocycles. The van der Waals surface area contributed by atoms with Gasteiger partial charge in [-0.1, -0.05) is 60.1 Å². The molecular weight excluding hydrogens is 660 g/mol. The molecule has 1 fully saturated rings. The van der Waals surface area contributed by atoms with Gasteiger partial charge in [0.25, 0.3) is 5.91 Å². The molecule has 0 bridgehead atoms. The van der Waals surface area contributed by atoms with Crippen molar-refractivity contribution in [2.75, 3.05) is 32.4 Å². The highest BCUT2D eigenvalue weighted by Gasteiger charge is 2.27. The van der Waals surface area contributed by atoms with E-state index in [1.807, 2.05) is 76.4 Å². The number of thiazole rings is 1. The molecule has 0 radical (unpaired) electrons. The third-order valence-electron chi connectivity index (χ3n) is 9.20. The van der Waals surface area contributed by atoms with E-state index in [0.29, 0.717) is 23.7 Å². The molecule has 0 spiro atoms. The van der Waals surface area contributed by atoms with Crippen LogP contribution >= 0.6 is 22.9 Å². The van der Waals surface area contributed by atoms with Gasteiger partial charge in [-0.3, -0.25) is 9.48 Å². The highest BCUT2D eigenvalue weighted by molar-refractivity contribution is 7.81. The summed E-state index contributed by atoms with van der Waals surface area (Å²) in [5.74, 6) is -0.171. The number of amides is 1. The standard InChI is InChI=1S/C37H39ClN6O2S2/c1-48(46)43-20-15-34-31(24-43)36(41-44(34)19-8-18-42-16-5-6-17-42)28-13-14-32(38)30(22-28)27-11-7-12-29(21-27)37(45)39-23-35-40-33(25-47-35)26-9-3-2-4-10-26/h2-4,7,9-14,21-22,25H,5-6,8,15-20,23-24H2,1H3,(H,39,45). The number of aryl methyl sites for hydroxylation is 1. The van der Waals surface area contributed by atoms with Crippen LogP contribution in [0.15, 0.2) is 78.2 Å². The van der Waals surface area contributed by atoms with Gasteiger partial charge in [-0.05, 0) is 68.7 Å². The number of rotatable bonds is 11. The quantitative estimate of drug-likeness (QED) is 0.160. The third-order valence-corrected chi connectivity index (χ3v) is 11.4. The number of hydrogen-bond acceptors (Lipinski definition) is 6. The Morgan fingerprint density at radius 1 is 0.958 bits per heavy atom. The molecule has 2 aliphatic rings. The summed E-state index contributed by atoms with van der Waals surface area (Å²) in [4.78, 5) is 20.5. The Balaban J connectivity index is 1.11. The van der Waals surface area contributed by atoms with E-state index < -0.39 is 11.0 Å². The SMILES string of the molecule is CS(=O)N1CCc2c(c(-c3ccc(Cl)c(-c4cccc(C(=O)NCc5nc(-c6ccccc6)cs5)c4)c3)nn2CCCN2CCCC2)C1. The van der Waals surface area contributed by atoms with Crippen LogP contribution in [-0.2, 0) is 37.0 Å². The summed E-state index contributed by atoms with van der Waals surface area (Å²) in [6.07, 6.45) is 6.19. The number of nitrogens with zero attached hydrogens (tertiary/aromatic N) is 5. The third kappa shape index (κ3) is 7.33. The van der Waals surface area contributed by atoms with E-state index >= 15 is 0 Å². The first-order valence-corrected chi connectivity index (χ1v) is 19.3. The van der Waals surface area contributed by atoms with Crippen LogP contribution in [0.4, 0.5) is 0 Å². The maximum atomic E-state index is 13.3. The average Bonchev–Trinajstić information content (AvgIpc) is 3.89. The molecule has 1 N–H and O–H groups in total. The van der Waals surface area contributed by atoms with Crippen molar-refractivity contribution >= 4 is 39.8 Å². The van der Waals surface area contributed by atoms with Gasteiger partial charge in [-0.25, -0.2) is 13.5 Å². The summed E-state index contributed by atoms with van der Waals surface area (Å²) >= 11 is 8.33. The van der Waals surface area contributed by atoms with Gasteiger partial charge in [0.2, 0.25) is 0 Å². The molecule has 0 saturated carbocycles. The van der Waals surface area contributed by atoms with Crippen molar-refractivity contribution in [1.29, 1.82) is 0 Å². The van der Waals surface area contributed by atoms with Crippen LogP contribution in [-0.4, -0.2) is 66.5 Å². The normalized spacial score (nSPS) is 15.8.